The van der Waals surface area contributed by atoms with Crippen LogP contribution in [0.4, 0.5) is 28.7 Å². The molecule has 0 radical (unpaired) electrons. The van der Waals surface area contributed by atoms with Crippen molar-refractivity contribution >= 4 is 70.0 Å². The van der Waals surface area contributed by atoms with Gasteiger partial charge in [-0.05, 0) is 18.2 Å². The number of hydrogen-bond acceptors (Lipinski definition) is 9. The topological polar surface area (TPSA) is 254 Å². The molecule has 5 heterocycles. The Morgan fingerprint density at radius 3 is 1.47 bits per heavy atom. The van der Waals surface area contributed by atoms with Crippen LogP contribution in [0.1, 0.15) is 66.0 Å². The van der Waals surface area contributed by atoms with Crippen molar-refractivity contribution in [1.29, 1.82) is 0 Å². The van der Waals surface area contributed by atoms with Gasteiger partial charge in [0.25, 0.3) is 29.5 Å². The van der Waals surface area contributed by atoms with E-state index in [2.05, 4.69) is 47.2 Å². The van der Waals surface area contributed by atoms with Crippen molar-refractivity contribution in [3.05, 3.63) is 77.9 Å². The summed E-state index contributed by atoms with van der Waals surface area (Å²) >= 11 is 0. The Morgan fingerprint density at radius 2 is 0.964 bits per heavy atom. The molecule has 0 spiro atoms. The van der Waals surface area contributed by atoms with Gasteiger partial charge in [-0.25, -0.2) is 9.97 Å². The fraction of sp³-hybridized carbons (Fsp3) is 0.265. The van der Waals surface area contributed by atoms with Crippen LogP contribution in [0.15, 0.2) is 49.2 Å². The molecular weight excluding hydrogens is 716 g/mol. The molecule has 5 rings (SSSR count). The van der Waals surface area contributed by atoms with Gasteiger partial charge in [-0.3, -0.25) is 33.6 Å². The van der Waals surface area contributed by atoms with Crippen LogP contribution in [0.2, 0.25) is 0 Å². The predicted octanol–water partition coefficient (Wildman–Crippen LogP) is 1.00. The van der Waals surface area contributed by atoms with Crippen molar-refractivity contribution in [1.82, 2.24) is 43.4 Å². The van der Waals surface area contributed by atoms with Crippen LogP contribution in [0.5, 0.6) is 0 Å². The quantitative estimate of drug-likeness (QED) is 0.0904. The van der Waals surface area contributed by atoms with Gasteiger partial charge in [0, 0.05) is 93.2 Å². The third kappa shape index (κ3) is 9.14. The first kappa shape index (κ1) is 38.8. The molecule has 5 aromatic rings. The van der Waals surface area contributed by atoms with E-state index < -0.39 is 23.6 Å². The summed E-state index contributed by atoms with van der Waals surface area (Å²) < 4.78 is 7.46. The summed E-state index contributed by atoms with van der Waals surface area (Å²) in [5, 5.41) is 18.4. The second kappa shape index (κ2) is 16.1. The molecular formula is C34H40N14O7. The minimum absolute atomic E-state index is 0.00656. The molecule has 55 heavy (non-hydrogen) atoms. The summed E-state index contributed by atoms with van der Waals surface area (Å²) in [5.41, 5.74) is 1.87. The van der Waals surface area contributed by atoms with Gasteiger partial charge < -0.3 is 60.1 Å². The number of imidazole rings is 2. The van der Waals surface area contributed by atoms with E-state index in [1.54, 1.807) is 58.3 Å². The second-order valence-corrected chi connectivity index (χ2v) is 12.5. The molecule has 0 unspecified atom stereocenters. The summed E-state index contributed by atoms with van der Waals surface area (Å²) in [5.74, 6) is -2.95. The average molecular weight is 757 g/mol. The van der Waals surface area contributed by atoms with Gasteiger partial charge in [-0.1, -0.05) is 0 Å². The van der Waals surface area contributed by atoms with Gasteiger partial charge in [0.1, 0.15) is 17.1 Å². The first-order valence-corrected chi connectivity index (χ1v) is 16.6. The Bertz CT molecular complexity index is 2340. The lowest BCUT2D eigenvalue weighted by atomic mass is 10.3. The summed E-state index contributed by atoms with van der Waals surface area (Å²) in [7, 11) is 9.59. The Balaban J connectivity index is 1.13. The fourth-order valence-electron chi connectivity index (χ4n) is 5.52. The lowest BCUT2D eigenvalue weighted by molar-refractivity contribution is -0.116. The van der Waals surface area contributed by atoms with Crippen LogP contribution in [0.3, 0.4) is 0 Å². The van der Waals surface area contributed by atoms with E-state index in [0.717, 1.165) is 0 Å². The number of nitrogens with zero attached hydrogens (tertiary/aromatic N) is 7. The van der Waals surface area contributed by atoms with E-state index >= 15 is 0 Å². The number of aromatic nitrogens is 7. The maximum absolute atomic E-state index is 13.2. The lowest BCUT2D eigenvalue weighted by Crippen LogP contribution is -2.28. The summed E-state index contributed by atoms with van der Waals surface area (Å²) in [6.07, 6.45) is 7.59. The molecule has 0 bridgehead atoms. The summed E-state index contributed by atoms with van der Waals surface area (Å²) in [6, 6.07) is 4.49. The molecule has 5 aromatic heterocycles. The van der Waals surface area contributed by atoms with Crippen LogP contribution in [-0.2, 0) is 44.8 Å². The molecule has 7 amide bonds. The average Bonchev–Trinajstić information content (AvgIpc) is 3.92. The van der Waals surface area contributed by atoms with Crippen LogP contribution >= 0.6 is 0 Å². The highest BCUT2D eigenvalue weighted by atomic mass is 16.2. The van der Waals surface area contributed by atoms with Gasteiger partial charge in [-0.2, -0.15) is 0 Å². The molecule has 0 aliphatic rings. The van der Waals surface area contributed by atoms with Crippen molar-refractivity contribution in [3.63, 3.8) is 0 Å². The largest absolute Gasteiger partial charge is 0.354 e. The smallest absolute Gasteiger partial charge is 0.292 e. The third-order valence-electron chi connectivity index (χ3n) is 8.08. The highest BCUT2D eigenvalue weighted by Crippen LogP contribution is 2.19. The van der Waals surface area contributed by atoms with E-state index in [4.69, 9.17) is 0 Å². The Kier molecular flexibility index (Phi) is 11.3. The number of carbonyl (C=O) groups excluding carboxylic acids is 7. The van der Waals surface area contributed by atoms with Crippen molar-refractivity contribution in [2.75, 3.05) is 40.2 Å². The van der Waals surface area contributed by atoms with Crippen molar-refractivity contribution in [2.45, 2.75) is 13.3 Å². The molecule has 0 aliphatic heterocycles. The zero-order valence-corrected chi connectivity index (χ0v) is 31.0. The maximum Gasteiger partial charge on any atom is 0.292 e. The van der Waals surface area contributed by atoms with Gasteiger partial charge in [0.05, 0.1) is 17.1 Å². The number of anilines is 5. The van der Waals surface area contributed by atoms with Crippen molar-refractivity contribution < 1.29 is 33.6 Å². The molecule has 21 heteroatoms. The Hall–Kier alpha value is -7.45. The number of hydrogen-bond donors (Lipinski definition) is 7. The second-order valence-electron chi connectivity index (χ2n) is 12.5. The minimum Gasteiger partial charge on any atom is -0.354 e. The summed E-state index contributed by atoms with van der Waals surface area (Å²) in [6.45, 7) is 1.35. The predicted molar refractivity (Wildman–Crippen MR) is 200 cm³/mol. The highest BCUT2D eigenvalue weighted by Gasteiger charge is 2.22. The first-order chi connectivity index (χ1) is 26.0. The number of aryl methyl sites for hydroxylation is 5. The van der Waals surface area contributed by atoms with Crippen LogP contribution in [0.25, 0.3) is 0 Å². The monoisotopic (exact) mass is 756 g/mol. The van der Waals surface area contributed by atoms with Gasteiger partial charge in [0.15, 0.2) is 11.6 Å². The third-order valence-corrected chi connectivity index (χ3v) is 8.08. The minimum atomic E-state index is -0.614. The molecule has 0 atom stereocenters. The molecule has 0 aliphatic carbocycles. The number of amides is 7. The lowest BCUT2D eigenvalue weighted by Gasteiger charge is -2.06. The fourth-order valence-corrected chi connectivity index (χ4v) is 5.52. The van der Waals surface area contributed by atoms with E-state index in [1.165, 1.54) is 63.0 Å². The Labute approximate surface area is 313 Å². The van der Waals surface area contributed by atoms with Crippen molar-refractivity contribution in [3.8, 4) is 0 Å². The molecule has 0 fully saturated rings. The first-order valence-electron chi connectivity index (χ1n) is 16.6. The summed E-state index contributed by atoms with van der Waals surface area (Å²) in [4.78, 5) is 96.0. The molecule has 7 N–H and O–H groups in total. The highest BCUT2D eigenvalue weighted by molar-refractivity contribution is 6.07. The van der Waals surface area contributed by atoms with E-state index in [0.29, 0.717) is 22.8 Å². The van der Waals surface area contributed by atoms with E-state index in [9.17, 15) is 33.6 Å². The molecule has 288 valence electrons. The molecule has 0 aromatic carbocycles. The van der Waals surface area contributed by atoms with Gasteiger partial charge >= 0.3 is 0 Å². The number of carbonyl (C=O) groups is 7. The standard InChI is InChI=1S/C34H40N14O7/c1-18(49)37-25-16-47(6)29(41-25)34(55)43-26-17-48(7)28(42-26)33(54)40-21-12-24(46(5)15-21)32(53)39-20-11-23(45(4)14-20)31(52)36-9-8-27(50)38-19-10-22(30(51)35-2)44(3)13-19/h10-17H,8-9H2,1-7H3,(H,35,51)(H,36,52)(H,37,49)(H,38,50)(H,39,53)(H,40,54)(H,43,55). The van der Waals surface area contributed by atoms with Crippen LogP contribution in [0, 0.1) is 0 Å². The normalized spacial score (nSPS) is 10.7. The SMILES string of the molecule is CNC(=O)c1cc(NC(=O)CCNC(=O)c2cc(NC(=O)c3cc(NC(=O)c4nc(NC(=O)c5nc(NC(C)=O)cn5C)cn4C)cn3C)cn2C)cn1C. The Morgan fingerprint density at radius 1 is 0.527 bits per heavy atom. The van der Waals surface area contributed by atoms with Crippen LogP contribution in [-0.4, -0.2) is 87.7 Å². The molecule has 21 nitrogen and oxygen atoms in total. The molecule has 0 saturated heterocycles. The van der Waals surface area contributed by atoms with Gasteiger partial charge in [-0.15, -0.1) is 0 Å². The van der Waals surface area contributed by atoms with Crippen LogP contribution < -0.4 is 37.2 Å². The maximum atomic E-state index is 13.2. The zero-order chi connectivity index (χ0) is 40.1. The number of nitrogens with one attached hydrogen (secondary N) is 7. The van der Waals surface area contributed by atoms with Gasteiger partial charge in [0.2, 0.25) is 23.5 Å². The molecule has 0 saturated carbocycles. The van der Waals surface area contributed by atoms with E-state index in [-0.39, 0.29) is 65.4 Å². The van der Waals surface area contributed by atoms with Crippen molar-refractivity contribution in [2.24, 2.45) is 35.2 Å². The van der Waals surface area contributed by atoms with E-state index in [1.807, 2.05) is 0 Å². The number of rotatable bonds is 13. The zero-order valence-electron chi connectivity index (χ0n) is 31.0.